The van der Waals surface area contributed by atoms with Crippen LogP contribution in [0, 0.1) is 6.92 Å². The number of aromatic nitrogens is 1. The number of aryl methyl sites for hydroxylation is 1. The number of carbonyl (C=O) groups is 1. The highest BCUT2D eigenvalue weighted by Gasteiger charge is 2.16. The molecule has 0 amide bonds. The second kappa shape index (κ2) is 5.82. The second-order valence-electron chi connectivity index (χ2n) is 5.36. The van der Waals surface area contributed by atoms with Gasteiger partial charge in [0.25, 0.3) is 0 Å². The topological polar surface area (TPSA) is 51.2 Å². The molecule has 1 aliphatic heterocycles. The van der Waals surface area contributed by atoms with E-state index >= 15 is 0 Å². The summed E-state index contributed by atoms with van der Waals surface area (Å²) in [5.41, 5.74) is 5.31. The van der Waals surface area contributed by atoms with Gasteiger partial charge in [-0.05, 0) is 56.1 Å². The first-order chi connectivity index (χ1) is 10.2. The van der Waals surface area contributed by atoms with Gasteiger partial charge in [0.1, 0.15) is 0 Å². The zero-order chi connectivity index (χ0) is 14.8. The van der Waals surface area contributed by atoms with Crippen molar-refractivity contribution in [3.63, 3.8) is 0 Å². The highest BCUT2D eigenvalue weighted by Crippen LogP contribution is 2.25. The Morgan fingerprint density at radius 2 is 2.14 bits per heavy atom. The Morgan fingerprint density at radius 1 is 1.33 bits per heavy atom. The highest BCUT2D eigenvalue weighted by atomic mass is 16.5. The molecular formula is C17H20N2O2. The summed E-state index contributed by atoms with van der Waals surface area (Å²) in [6.07, 6.45) is 1.96. The van der Waals surface area contributed by atoms with E-state index in [1.54, 1.807) is 6.07 Å². The first-order valence-corrected chi connectivity index (χ1v) is 7.50. The van der Waals surface area contributed by atoms with Gasteiger partial charge in [0.15, 0.2) is 0 Å². The van der Waals surface area contributed by atoms with E-state index in [0.717, 1.165) is 36.8 Å². The number of esters is 1. The van der Waals surface area contributed by atoms with Crippen LogP contribution < -0.4 is 5.32 Å². The second-order valence-corrected chi connectivity index (χ2v) is 5.36. The number of pyridine rings is 1. The van der Waals surface area contributed by atoms with Crippen molar-refractivity contribution in [3.8, 4) is 0 Å². The Balaban J connectivity index is 2.12. The smallest absolute Gasteiger partial charge is 0.338 e. The Hall–Kier alpha value is -1.94. The predicted octanol–water partition coefficient (Wildman–Crippen LogP) is 2.41. The number of hydrogen-bond acceptors (Lipinski definition) is 4. The molecule has 0 atom stereocenters. The third-order valence-corrected chi connectivity index (χ3v) is 4.06. The summed E-state index contributed by atoms with van der Waals surface area (Å²) >= 11 is 0. The molecule has 0 fully saturated rings. The molecule has 1 N–H and O–H groups in total. The van der Waals surface area contributed by atoms with Gasteiger partial charge in [-0.15, -0.1) is 0 Å². The van der Waals surface area contributed by atoms with E-state index in [2.05, 4.69) is 12.2 Å². The number of nitrogens with one attached hydrogen (secondary N) is 1. The van der Waals surface area contributed by atoms with E-state index in [1.165, 1.54) is 16.8 Å². The van der Waals surface area contributed by atoms with Crippen molar-refractivity contribution in [2.45, 2.75) is 26.7 Å². The summed E-state index contributed by atoms with van der Waals surface area (Å²) in [7, 11) is 0. The minimum Gasteiger partial charge on any atom is -0.462 e. The third-order valence-electron chi connectivity index (χ3n) is 4.06. The summed E-state index contributed by atoms with van der Waals surface area (Å²) in [5.74, 6) is -0.268. The van der Waals surface area contributed by atoms with E-state index in [9.17, 15) is 4.79 Å². The quantitative estimate of drug-likeness (QED) is 0.860. The minimum absolute atomic E-state index is 0.268. The molecular weight excluding hydrogens is 264 g/mol. The Bertz CT molecular complexity index is 695. The fourth-order valence-corrected chi connectivity index (χ4v) is 2.95. The summed E-state index contributed by atoms with van der Waals surface area (Å²) in [6.45, 7) is 6.30. The molecule has 0 radical (unpaired) electrons. The number of rotatable bonds is 2. The molecule has 1 aliphatic rings. The summed E-state index contributed by atoms with van der Waals surface area (Å²) in [4.78, 5) is 16.7. The molecule has 0 saturated carbocycles. The van der Waals surface area contributed by atoms with Gasteiger partial charge in [-0.1, -0.05) is 0 Å². The van der Waals surface area contributed by atoms with Crippen molar-refractivity contribution in [1.29, 1.82) is 0 Å². The fraction of sp³-hybridized carbons (Fsp3) is 0.412. The van der Waals surface area contributed by atoms with Crippen LogP contribution in [-0.4, -0.2) is 30.6 Å². The number of fused-ring (bicyclic) bond motifs is 2. The SMILES string of the molecule is CCOC(=O)c1ccc2nc3c(c(C)c2c1)CCNCC3. The number of nitrogens with zero attached hydrogens (tertiary/aromatic N) is 1. The number of benzene rings is 1. The van der Waals surface area contributed by atoms with Gasteiger partial charge in [-0.25, -0.2) is 4.79 Å². The van der Waals surface area contributed by atoms with E-state index in [-0.39, 0.29) is 5.97 Å². The van der Waals surface area contributed by atoms with Gasteiger partial charge < -0.3 is 10.1 Å². The fourth-order valence-electron chi connectivity index (χ4n) is 2.95. The number of ether oxygens (including phenoxy) is 1. The van der Waals surface area contributed by atoms with Gasteiger partial charge in [0.05, 0.1) is 17.7 Å². The molecule has 0 unspecified atom stereocenters. The Labute approximate surface area is 124 Å². The lowest BCUT2D eigenvalue weighted by atomic mass is 9.97. The summed E-state index contributed by atoms with van der Waals surface area (Å²) in [6, 6.07) is 5.63. The summed E-state index contributed by atoms with van der Waals surface area (Å²) in [5, 5.41) is 4.46. The lowest BCUT2D eigenvalue weighted by molar-refractivity contribution is 0.0526. The molecule has 1 aromatic carbocycles. The average molecular weight is 284 g/mol. The van der Waals surface area contributed by atoms with E-state index in [4.69, 9.17) is 9.72 Å². The van der Waals surface area contributed by atoms with Crippen molar-refractivity contribution < 1.29 is 9.53 Å². The van der Waals surface area contributed by atoms with Gasteiger partial charge in [-0.3, -0.25) is 4.98 Å². The molecule has 3 rings (SSSR count). The van der Waals surface area contributed by atoms with Crippen molar-refractivity contribution in [2.75, 3.05) is 19.7 Å². The normalized spacial score (nSPS) is 14.6. The lowest BCUT2D eigenvalue weighted by Gasteiger charge is -2.13. The maximum atomic E-state index is 11.9. The average Bonchev–Trinajstić information content (AvgIpc) is 2.73. The largest absolute Gasteiger partial charge is 0.462 e. The van der Waals surface area contributed by atoms with E-state index < -0.39 is 0 Å². The van der Waals surface area contributed by atoms with Gasteiger partial charge in [-0.2, -0.15) is 0 Å². The monoisotopic (exact) mass is 284 g/mol. The van der Waals surface area contributed by atoms with Crippen LogP contribution in [0.4, 0.5) is 0 Å². The molecule has 0 bridgehead atoms. The van der Waals surface area contributed by atoms with Crippen LogP contribution in [0.1, 0.15) is 34.1 Å². The van der Waals surface area contributed by atoms with Gasteiger partial charge in [0, 0.05) is 24.0 Å². The molecule has 110 valence electrons. The third kappa shape index (κ3) is 2.63. The molecule has 2 heterocycles. The van der Waals surface area contributed by atoms with Crippen LogP contribution in [0.15, 0.2) is 18.2 Å². The maximum absolute atomic E-state index is 11.9. The zero-order valence-corrected chi connectivity index (χ0v) is 12.5. The maximum Gasteiger partial charge on any atom is 0.338 e. The van der Waals surface area contributed by atoms with Gasteiger partial charge in [0.2, 0.25) is 0 Å². The van der Waals surface area contributed by atoms with Crippen LogP contribution in [0.2, 0.25) is 0 Å². The molecule has 1 aromatic heterocycles. The lowest BCUT2D eigenvalue weighted by Crippen LogP contribution is -2.16. The van der Waals surface area contributed by atoms with Crippen LogP contribution >= 0.6 is 0 Å². The summed E-state index contributed by atoms with van der Waals surface area (Å²) < 4.78 is 5.08. The molecule has 0 saturated heterocycles. The molecule has 21 heavy (non-hydrogen) atoms. The van der Waals surface area contributed by atoms with E-state index in [1.807, 2.05) is 19.1 Å². The van der Waals surface area contributed by atoms with Crippen LogP contribution in [-0.2, 0) is 17.6 Å². The highest BCUT2D eigenvalue weighted by molar-refractivity contribution is 5.95. The molecule has 2 aromatic rings. The molecule has 4 nitrogen and oxygen atoms in total. The number of carbonyl (C=O) groups excluding carboxylic acids is 1. The van der Waals surface area contributed by atoms with Crippen LogP contribution in [0.25, 0.3) is 10.9 Å². The zero-order valence-electron chi connectivity index (χ0n) is 12.5. The van der Waals surface area contributed by atoms with Crippen LogP contribution in [0.5, 0.6) is 0 Å². The molecule has 0 spiro atoms. The molecule has 0 aliphatic carbocycles. The first kappa shape index (κ1) is 14.0. The van der Waals surface area contributed by atoms with E-state index in [0.29, 0.717) is 12.2 Å². The van der Waals surface area contributed by atoms with Crippen molar-refractivity contribution in [2.24, 2.45) is 0 Å². The molecule has 4 heteroatoms. The minimum atomic E-state index is -0.268. The van der Waals surface area contributed by atoms with Crippen molar-refractivity contribution in [1.82, 2.24) is 10.3 Å². The standard InChI is InChI=1S/C17H20N2O2/c1-3-21-17(20)12-4-5-15-14(10-12)11(2)13-6-8-18-9-7-16(13)19-15/h4-5,10,18H,3,6-9H2,1-2H3. The van der Waals surface area contributed by atoms with Crippen molar-refractivity contribution >= 4 is 16.9 Å². The van der Waals surface area contributed by atoms with Crippen LogP contribution in [0.3, 0.4) is 0 Å². The Morgan fingerprint density at radius 3 is 2.95 bits per heavy atom. The predicted molar refractivity (Wildman–Crippen MR) is 82.7 cm³/mol. The number of hydrogen-bond donors (Lipinski definition) is 1. The Kier molecular flexibility index (Phi) is 3.88. The van der Waals surface area contributed by atoms with Crippen molar-refractivity contribution in [3.05, 3.63) is 40.6 Å². The first-order valence-electron chi connectivity index (χ1n) is 7.50. The van der Waals surface area contributed by atoms with Gasteiger partial charge >= 0.3 is 5.97 Å².